The van der Waals surface area contributed by atoms with E-state index in [1.54, 1.807) is 6.07 Å². The summed E-state index contributed by atoms with van der Waals surface area (Å²) in [4.78, 5) is 25.9. The van der Waals surface area contributed by atoms with Gasteiger partial charge in [-0.15, -0.1) is 11.3 Å². The first-order valence-corrected chi connectivity index (χ1v) is 10.0. The minimum atomic E-state index is -0.283. The molecule has 2 heterocycles. The van der Waals surface area contributed by atoms with E-state index in [0.29, 0.717) is 16.5 Å². The molecule has 2 aromatic rings. The maximum atomic E-state index is 13.1. The Hall–Kier alpha value is -2.18. The van der Waals surface area contributed by atoms with Gasteiger partial charge >= 0.3 is 0 Å². The SMILES string of the molecule is O=C(Nc1cccc(NC(=O)[C@@]23CCCC[C@H]2CNC3)c1)c1cccs1. The van der Waals surface area contributed by atoms with Crippen LogP contribution in [0.1, 0.15) is 35.4 Å². The molecular formula is C20H23N3O2S. The third-order valence-electron chi connectivity index (χ3n) is 5.61. The van der Waals surface area contributed by atoms with Crippen molar-refractivity contribution in [1.29, 1.82) is 0 Å². The number of carbonyl (C=O) groups is 2. The highest BCUT2D eigenvalue weighted by atomic mass is 32.1. The summed E-state index contributed by atoms with van der Waals surface area (Å²) < 4.78 is 0. The monoisotopic (exact) mass is 369 g/mol. The highest BCUT2D eigenvalue weighted by Crippen LogP contribution is 2.44. The molecule has 1 saturated carbocycles. The number of thiophene rings is 1. The molecule has 4 rings (SSSR count). The number of benzene rings is 1. The number of amides is 2. The Bertz CT molecular complexity index is 805. The van der Waals surface area contributed by atoms with E-state index >= 15 is 0 Å². The van der Waals surface area contributed by atoms with Crippen molar-refractivity contribution in [2.75, 3.05) is 23.7 Å². The second kappa shape index (κ2) is 7.21. The zero-order valence-electron chi connectivity index (χ0n) is 14.6. The van der Waals surface area contributed by atoms with Crippen molar-refractivity contribution in [1.82, 2.24) is 5.32 Å². The average Bonchev–Trinajstić information content (AvgIpc) is 3.32. The lowest BCUT2D eigenvalue weighted by atomic mass is 9.67. The smallest absolute Gasteiger partial charge is 0.265 e. The highest BCUT2D eigenvalue weighted by molar-refractivity contribution is 7.12. The Labute approximate surface area is 157 Å². The fourth-order valence-corrected chi connectivity index (χ4v) is 4.84. The molecule has 0 radical (unpaired) electrons. The third-order valence-corrected chi connectivity index (χ3v) is 6.48. The zero-order valence-corrected chi connectivity index (χ0v) is 15.4. The summed E-state index contributed by atoms with van der Waals surface area (Å²) in [6, 6.07) is 11.0. The fraction of sp³-hybridized carbons (Fsp3) is 0.400. The maximum absolute atomic E-state index is 13.1. The van der Waals surface area contributed by atoms with Crippen LogP contribution in [0.2, 0.25) is 0 Å². The van der Waals surface area contributed by atoms with Gasteiger partial charge < -0.3 is 16.0 Å². The number of hydrogen-bond donors (Lipinski definition) is 3. The van der Waals surface area contributed by atoms with Crippen LogP contribution in [0.5, 0.6) is 0 Å². The minimum absolute atomic E-state index is 0.105. The van der Waals surface area contributed by atoms with Crippen molar-refractivity contribution in [3.05, 3.63) is 46.7 Å². The van der Waals surface area contributed by atoms with Crippen molar-refractivity contribution in [2.45, 2.75) is 25.7 Å². The molecule has 0 unspecified atom stereocenters. The van der Waals surface area contributed by atoms with E-state index in [0.717, 1.165) is 38.0 Å². The van der Waals surface area contributed by atoms with E-state index in [1.165, 1.54) is 17.8 Å². The molecule has 1 aliphatic heterocycles. The molecule has 6 heteroatoms. The van der Waals surface area contributed by atoms with Gasteiger partial charge in [-0.25, -0.2) is 0 Å². The first-order chi connectivity index (χ1) is 12.7. The van der Waals surface area contributed by atoms with Crippen molar-refractivity contribution in [2.24, 2.45) is 11.3 Å². The molecular weight excluding hydrogens is 346 g/mol. The molecule has 1 saturated heterocycles. The summed E-state index contributed by atoms with van der Waals surface area (Å²) in [7, 11) is 0. The van der Waals surface area contributed by atoms with Gasteiger partial charge in [-0.05, 0) is 54.9 Å². The van der Waals surface area contributed by atoms with Gasteiger partial charge in [-0.2, -0.15) is 0 Å². The first kappa shape index (κ1) is 17.2. The Kier molecular flexibility index (Phi) is 4.78. The van der Waals surface area contributed by atoms with Crippen LogP contribution in [0, 0.1) is 11.3 Å². The van der Waals surface area contributed by atoms with E-state index in [4.69, 9.17) is 0 Å². The summed E-state index contributed by atoms with van der Waals surface area (Å²) in [5.41, 5.74) is 1.13. The van der Waals surface area contributed by atoms with Crippen LogP contribution in [-0.2, 0) is 4.79 Å². The van der Waals surface area contributed by atoms with E-state index in [2.05, 4.69) is 16.0 Å². The number of fused-ring (bicyclic) bond motifs is 1. The molecule has 26 heavy (non-hydrogen) atoms. The largest absolute Gasteiger partial charge is 0.325 e. The Balaban J connectivity index is 1.47. The molecule has 2 amide bonds. The highest BCUT2D eigenvalue weighted by Gasteiger charge is 2.49. The maximum Gasteiger partial charge on any atom is 0.265 e. The van der Waals surface area contributed by atoms with E-state index < -0.39 is 0 Å². The van der Waals surface area contributed by atoms with Gasteiger partial charge in [0.15, 0.2) is 0 Å². The Morgan fingerprint density at radius 1 is 1.12 bits per heavy atom. The standard InChI is InChI=1S/C20H23N3O2S/c24-18(17-8-4-10-26-17)22-15-6-3-7-16(11-15)23-19(25)20-9-2-1-5-14(20)12-21-13-20/h3-4,6-8,10-11,14,21H,1-2,5,9,12-13H2,(H,22,24)(H,23,25)/t14-,20+/m0/s1. The lowest BCUT2D eigenvalue weighted by Gasteiger charge is -2.37. The molecule has 1 aromatic carbocycles. The molecule has 2 atom stereocenters. The first-order valence-electron chi connectivity index (χ1n) is 9.14. The molecule has 5 nitrogen and oxygen atoms in total. The van der Waals surface area contributed by atoms with Crippen molar-refractivity contribution >= 4 is 34.5 Å². The quantitative estimate of drug-likeness (QED) is 0.769. The molecule has 2 aliphatic rings. The normalized spacial score (nSPS) is 24.7. The molecule has 1 aliphatic carbocycles. The van der Waals surface area contributed by atoms with Crippen LogP contribution >= 0.6 is 11.3 Å². The van der Waals surface area contributed by atoms with Crippen molar-refractivity contribution < 1.29 is 9.59 Å². The molecule has 2 fully saturated rings. The predicted molar refractivity (Wildman–Crippen MR) is 105 cm³/mol. The fourth-order valence-electron chi connectivity index (χ4n) is 4.22. The Morgan fingerprint density at radius 2 is 1.96 bits per heavy atom. The van der Waals surface area contributed by atoms with Crippen LogP contribution in [0.4, 0.5) is 11.4 Å². The zero-order chi connectivity index (χ0) is 18.0. The van der Waals surface area contributed by atoms with Crippen molar-refractivity contribution in [3.8, 4) is 0 Å². The number of rotatable bonds is 4. The summed E-state index contributed by atoms with van der Waals surface area (Å²) in [5.74, 6) is 0.404. The molecule has 136 valence electrons. The van der Waals surface area contributed by atoms with Gasteiger partial charge in [0.25, 0.3) is 5.91 Å². The average molecular weight is 369 g/mol. The summed E-state index contributed by atoms with van der Waals surface area (Å²) in [5, 5.41) is 11.3. The number of nitrogens with one attached hydrogen (secondary N) is 3. The van der Waals surface area contributed by atoms with Gasteiger partial charge in [0.2, 0.25) is 5.91 Å². The second-order valence-electron chi connectivity index (χ2n) is 7.20. The number of anilines is 2. The lowest BCUT2D eigenvalue weighted by Crippen LogP contribution is -2.44. The van der Waals surface area contributed by atoms with E-state index in [-0.39, 0.29) is 17.2 Å². The van der Waals surface area contributed by atoms with E-state index in [1.807, 2.05) is 35.7 Å². The van der Waals surface area contributed by atoms with Crippen molar-refractivity contribution in [3.63, 3.8) is 0 Å². The molecule has 3 N–H and O–H groups in total. The second-order valence-corrected chi connectivity index (χ2v) is 8.14. The van der Waals surface area contributed by atoms with Gasteiger partial charge in [0, 0.05) is 17.9 Å². The number of carbonyl (C=O) groups excluding carboxylic acids is 2. The molecule has 1 aromatic heterocycles. The van der Waals surface area contributed by atoms with Crippen LogP contribution < -0.4 is 16.0 Å². The Morgan fingerprint density at radius 3 is 2.77 bits per heavy atom. The topological polar surface area (TPSA) is 70.2 Å². The van der Waals surface area contributed by atoms with Gasteiger partial charge in [0.05, 0.1) is 10.3 Å². The van der Waals surface area contributed by atoms with Crippen LogP contribution in [-0.4, -0.2) is 24.9 Å². The molecule has 0 spiro atoms. The van der Waals surface area contributed by atoms with Gasteiger partial charge in [-0.1, -0.05) is 25.0 Å². The third kappa shape index (κ3) is 3.27. The van der Waals surface area contributed by atoms with Crippen LogP contribution in [0.3, 0.4) is 0 Å². The number of hydrogen-bond acceptors (Lipinski definition) is 4. The van der Waals surface area contributed by atoms with Crippen LogP contribution in [0.15, 0.2) is 41.8 Å². The molecule has 0 bridgehead atoms. The predicted octanol–water partition coefficient (Wildman–Crippen LogP) is 3.72. The van der Waals surface area contributed by atoms with Crippen LogP contribution in [0.25, 0.3) is 0 Å². The van der Waals surface area contributed by atoms with Gasteiger partial charge in [0.1, 0.15) is 0 Å². The van der Waals surface area contributed by atoms with E-state index in [9.17, 15) is 9.59 Å². The van der Waals surface area contributed by atoms with Gasteiger partial charge in [-0.3, -0.25) is 9.59 Å². The summed E-state index contributed by atoms with van der Waals surface area (Å²) in [6.45, 7) is 1.70. The lowest BCUT2D eigenvalue weighted by molar-refractivity contribution is -0.128. The summed E-state index contributed by atoms with van der Waals surface area (Å²) >= 11 is 1.40. The summed E-state index contributed by atoms with van der Waals surface area (Å²) in [6.07, 6.45) is 4.40. The minimum Gasteiger partial charge on any atom is -0.325 e.